The molecule has 1 saturated heterocycles. The molecule has 0 radical (unpaired) electrons. The van der Waals surface area contributed by atoms with Gasteiger partial charge in [-0.25, -0.2) is 9.59 Å². The summed E-state index contributed by atoms with van der Waals surface area (Å²) in [5, 5.41) is 14.9. The SMILES string of the molecule is C=CC(NC(=O)OC(C)(C)C)C(O)c1cc(C)cc(C(F)(F)F)c1.C=CCCC(=O)OC(C)(C)C.C=C[C@@H]1NC(=O)O[C@@H]1c1cc(C(F)(F)F)cc(C(F)(F)F)c1.Cc1cc(C=O)cc(C(F)(F)F)c1. The molecule has 0 spiro atoms. The molecule has 3 N–H and O–H groups in total. The predicted molar refractivity (Wildman–Crippen MR) is 234 cm³/mol. The predicted octanol–water partition coefficient (Wildman–Crippen LogP) is 13.3. The van der Waals surface area contributed by atoms with Crippen LogP contribution >= 0.6 is 0 Å². The number of carbonyl (C=O) groups excluding carboxylic acids is 4. The van der Waals surface area contributed by atoms with Gasteiger partial charge in [-0.2, -0.15) is 52.7 Å². The van der Waals surface area contributed by atoms with Crippen LogP contribution < -0.4 is 10.6 Å². The van der Waals surface area contributed by atoms with E-state index in [0.717, 1.165) is 24.3 Å². The molecule has 1 aliphatic rings. The van der Waals surface area contributed by atoms with Gasteiger partial charge in [0.1, 0.15) is 23.6 Å². The normalized spacial score (nSPS) is 15.8. The molecule has 10 nitrogen and oxygen atoms in total. The van der Waals surface area contributed by atoms with Gasteiger partial charge in [0.2, 0.25) is 0 Å². The lowest BCUT2D eigenvalue weighted by Crippen LogP contribution is -2.41. The maximum absolute atomic E-state index is 12.9. The summed E-state index contributed by atoms with van der Waals surface area (Å²) in [6, 6.07) is 5.65. The van der Waals surface area contributed by atoms with Crippen molar-refractivity contribution in [1.29, 1.82) is 0 Å². The van der Waals surface area contributed by atoms with Crippen LogP contribution in [-0.4, -0.2) is 52.8 Å². The second-order valence-electron chi connectivity index (χ2n) is 17.2. The van der Waals surface area contributed by atoms with E-state index in [1.54, 1.807) is 26.8 Å². The molecule has 388 valence electrons. The average Bonchev–Trinajstić information content (AvgIpc) is 3.59. The summed E-state index contributed by atoms with van der Waals surface area (Å²) in [6.07, 6.45) is -17.6. The van der Waals surface area contributed by atoms with Crippen molar-refractivity contribution in [2.75, 3.05) is 0 Å². The van der Waals surface area contributed by atoms with Gasteiger partial charge < -0.3 is 30.0 Å². The Labute approximate surface area is 396 Å². The molecular weight excluding hydrogens is 961 g/mol. The van der Waals surface area contributed by atoms with Crippen LogP contribution in [0.5, 0.6) is 0 Å². The van der Waals surface area contributed by atoms with E-state index in [2.05, 4.69) is 30.4 Å². The quantitative estimate of drug-likeness (QED) is 0.0600. The molecule has 4 rings (SSSR count). The minimum Gasteiger partial charge on any atom is -0.460 e. The number of cyclic esters (lactones) is 1. The fourth-order valence-electron chi connectivity index (χ4n) is 5.76. The molecule has 1 heterocycles. The second kappa shape index (κ2) is 25.0. The molecule has 0 bridgehead atoms. The molecule has 0 saturated carbocycles. The van der Waals surface area contributed by atoms with E-state index in [-0.39, 0.29) is 28.8 Å². The number of amides is 2. The number of alkyl halides is 12. The van der Waals surface area contributed by atoms with E-state index in [1.807, 2.05) is 20.8 Å². The van der Waals surface area contributed by atoms with Crippen LogP contribution in [0.2, 0.25) is 0 Å². The first-order chi connectivity index (χ1) is 31.7. The Balaban J connectivity index is 0.000000489. The van der Waals surface area contributed by atoms with Crippen molar-refractivity contribution in [3.8, 4) is 0 Å². The van der Waals surface area contributed by atoms with Gasteiger partial charge in [-0.1, -0.05) is 29.9 Å². The first-order valence-corrected chi connectivity index (χ1v) is 20.6. The minimum atomic E-state index is -4.96. The molecule has 1 aliphatic heterocycles. The van der Waals surface area contributed by atoms with Gasteiger partial charge in [0.05, 0.1) is 34.3 Å². The fourth-order valence-corrected chi connectivity index (χ4v) is 5.76. The number of aliphatic hydroxyl groups is 1. The molecule has 1 fully saturated rings. The van der Waals surface area contributed by atoms with Crippen molar-refractivity contribution in [2.45, 2.75) is 128 Å². The van der Waals surface area contributed by atoms with Gasteiger partial charge in [-0.15, -0.1) is 19.7 Å². The summed E-state index contributed by atoms with van der Waals surface area (Å²) in [5.41, 5.74) is -5.25. The van der Waals surface area contributed by atoms with Gasteiger partial charge in [0.25, 0.3) is 0 Å². The third-order valence-electron chi connectivity index (χ3n) is 8.62. The monoisotopic (exact) mass is 1010 g/mol. The summed E-state index contributed by atoms with van der Waals surface area (Å²) in [4.78, 5) is 44.1. The highest BCUT2D eigenvalue weighted by Crippen LogP contribution is 2.40. The highest BCUT2D eigenvalue weighted by atomic mass is 19.4. The largest absolute Gasteiger partial charge is 0.460 e. The number of hydrogen-bond donors (Lipinski definition) is 3. The van der Waals surface area contributed by atoms with Gasteiger partial charge in [0.15, 0.2) is 6.10 Å². The third-order valence-corrected chi connectivity index (χ3v) is 8.62. The molecule has 4 atom stereocenters. The first kappa shape index (κ1) is 61.7. The molecule has 3 aromatic rings. The van der Waals surface area contributed by atoms with Crippen molar-refractivity contribution < 1.29 is 91.2 Å². The smallest absolute Gasteiger partial charge is 0.416 e. The highest BCUT2D eigenvalue weighted by molar-refractivity contribution is 5.75. The average molecular weight is 1010 g/mol. The highest BCUT2D eigenvalue weighted by Gasteiger charge is 2.41. The maximum atomic E-state index is 12.9. The molecule has 0 aromatic heterocycles. The van der Waals surface area contributed by atoms with E-state index in [0.29, 0.717) is 42.4 Å². The summed E-state index contributed by atoms with van der Waals surface area (Å²) in [5.74, 6) is -0.155. The van der Waals surface area contributed by atoms with Gasteiger partial charge in [0, 0.05) is 12.0 Å². The Morgan fingerprint density at radius 1 is 0.714 bits per heavy atom. The number of nitrogens with one attached hydrogen (secondary N) is 2. The van der Waals surface area contributed by atoms with Crippen LogP contribution in [0.1, 0.15) is 121 Å². The van der Waals surface area contributed by atoms with Crippen molar-refractivity contribution in [3.05, 3.63) is 143 Å². The van der Waals surface area contributed by atoms with Crippen molar-refractivity contribution >= 4 is 24.4 Å². The zero-order chi connectivity index (χ0) is 54.4. The Morgan fingerprint density at radius 2 is 1.17 bits per heavy atom. The van der Waals surface area contributed by atoms with Gasteiger partial charge in [-0.05, 0) is 127 Å². The zero-order valence-corrected chi connectivity index (χ0v) is 39.2. The summed E-state index contributed by atoms with van der Waals surface area (Å²) in [6.45, 7) is 24.0. The van der Waals surface area contributed by atoms with E-state index < -0.39 is 94.6 Å². The van der Waals surface area contributed by atoms with Crippen molar-refractivity contribution in [1.82, 2.24) is 10.6 Å². The van der Waals surface area contributed by atoms with Crippen molar-refractivity contribution in [3.63, 3.8) is 0 Å². The number of ether oxygens (including phenoxy) is 3. The number of allylic oxidation sites excluding steroid dienone is 1. The Morgan fingerprint density at radius 3 is 1.59 bits per heavy atom. The van der Waals surface area contributed by atoms with Crippen LogP contribution in [0.4, 0.5) is 62.3 Å². The molecule has 3 aromatic carbocycles. The minimum absolute atomic E-state index is 0.0105. The van der Waals surface area contributed by atoms with Crippen LogP contribution in [0.25, 0.3) is 0 Å². The number of aldehydes is 1. The molecule has 22 heteroatoms. The lowest BCUT2D eigenvalue weighted by atomic mass is 9.97. The maximum Gasteiger partial charge on any atom is 0.416 e. The first-order valence-electron chi connectivity index (χ1n) is 20.6. The van der Waals surface area contributed by atoms with E-state index in [9.17, 15) is 77.0 Å². The Bertz CT molecular complexity index is 2260. The lowest BCUT2D eigenvalue weighted by molar-refractivity contribution is -0.154. The van der Waals surface area contributed by atoms with Crippen LogP contribution in [-0.2, 0) is 43.7 Å². The molecule has 70 heavy (non-hydrogen) atoms. The van der Waals surface area contributed by atoms with Crippen LogP contribution in [0.15, 0.2) is 92.6 Å². The number of aliphatic hydroxyl groups excluding tert-OH is 1. The molecule has 2 unspecified atom stereocenters. The molecule has 0 aliphatic carbocycles. The topological polar surface area (TPSA) is 140 Å². The van der Waals surface area contributed by atoms with Gasteiger partial charge >= 0.3 is 42.9 Å². The zero-order valence-electron chi connectivity index (χ0n) is 39.2. The van der Waals surface area contributed by atoms with Gasteiger partial charge in [-0.3, -0.25) is 9.59 Å². The summed E-state index contributed by atoms with van der Waals surface area (Å²) in [7, 11) is 0. The molecular formula is C48H54F12N2O8. The summed E-state index contributed by atoms with van der Waals surface area (Å²) >= 11 is 0. The van der Waals surface area contributed by atoms with Crippen LogP contribution in [0.3, 0.4) is 0 Å². The Hall–Kier alpha value is -6.32. The number of alkyl carbamates (subject to hydrolysis) is 2. The number of hydrogen-bond acceptors (Lipinski definition) is 8. The standard InChI is InChI=1S/C17H22F3NO3.C13H9F6NO2.C9H7F3O.C9H16O2/c1-6-13(21-15(23)24-16(3,4)5)14(22)11-7-10(2)8-12(9-11)17(18,19)20;1-2-9-10(22-11(21)20-9)6-3-7(12(14,15)16)5-8(4-6)13(17,18)19;1-6-2-7(5-13)4-8(3-6)9(10,11)12;1-5-6-7-8(10)11-9(2,3)4/h6-9,13-14,22H,1H2,2-5H3,(H,21,23);2-5,9-10H,1H2,(H,20,21);2-5H,1H3;5H,1,6-7H2,2-4H3/t;9-,10+;;/m.0../s1. The van der Waals surface area contributed by atoms with E-state index in [4.69, 9.17) is 14.2 Å². The third kappa shape index (κ3) is 22.0. The van der Waals surface area contributed by atoms with E-state index >= 15 is 0 Å². The Kier molecular flexibility index (Phi) is 22.0. The van der Waals surface area contributed by atoms with Crippen molar-refractivity contribution in [2.24, 2.45) is 0 Å². The number of rotatable bonds is 10. The number of benzene rings is 3. The molecule has 2 amide bonds. The van der Waals surface area contributed by atoms with E-state index in [1.165, 1.54) is 38.1 Å². The lowest BCUT2D eigenvalue weighted by Gasteiger charge is -2.25. The van der Waals surface area contributed by atoms with Crippen LogP contribution in [0, 0.1) is 13.8 Å². The number of halogens is 12. The number of carbonyl (C=O) groups is 4. The number of esters is 1. The number of aryl methyl sites for hydroxylation is 2. The fraction of sp³-hybridized carbons (Fsp3) is 0.417. The second-order valence-corrected chi connectivity index (χ2v) is 17.2. The summed E-state index contributed by atoms with van der Waals surface area (Å²) < 4.78 is 167.